The molecule has 1 unspecified atom stereocenters. The van der Waals surface area contributed by atoms with Crippen LogP contribution in [-0.4, -0.2) is 53.5 Å². The minimum Gasteiger partial charge on any atom is -0.324 e. The van der Waals surface area contributed by atoms with Crippen molar-refractivity contribution in [1.82, 2.24) is 14.8 Å². The van der Waals surface area contributed by atoms with Crippen LogP contribution in [0.15, 0.2) is 18.3 Å². The molecule has 2 amide bonds. The Hall–Kier alpha value is -1.62. The fraction of sp³-hybridized carbons (Fsp3) is 0.625. The Bertz CT molecular complexity index is 499. The molecule has 0 spiro atoms. The summed E-state index contributed by atoms with van der Waals surface area (Å²) in [5.74, 6) is 0.632. The number of aromatic nitrogens is 1. The Morgan fingerprint density at radius 3 is 2.95 bits per heavy atom. The fourth-order valence-electron chi connectivity index (χ4n) is 3.32. The number of rotatable bonds is 3. The molecule has 2 aliphatic heterocycles. The number of amides is 2. The number of aryl methyl sites for hydroxylation is 1. The SMILES string of the molecule is Cc1cc(NC(=O)N2CCC(CN3CCCC3)C2)ccn1. The van der Waals surface area contributed by atoms with Crippen molar-refractivity contribution in [2.45, 2.75) is 26.2 Å². The van der Waals surface area contributed by atoms with Gasteiger partial charge >= 0.3 is 6.03 Å². The average molecular weight is 288 g/mol. The molecule has 1 atom stereocenters. The molecule has 0 saturated carbocycles. The molecule has 3 rings (SSSR count). The predicted octanol–water partition coefficient (Wildman–Crippen LogP) is 2.34. The van der Waals surface area contributed by atoms with E-state index in [0.29, 0.717) is 5.92 Å². The Balaban J connectivity index is 1.49. The summed E-state index contributed by atoms with van der Waals surface area (Å²) in [5.41, 5.74) is 1.75. The van der Waals surface area contributed by atoms with E-state index in [0.717, 1.165) is 37.4 Å². The molecule has 1 N–H and O–H groups in total. The van der Waals surface area contributed by atoms with E-state index in [1.807, 2.05) is 24.0 Å². The maximum absolute atomic E-state index is 12.3. The molecule has 0 bridgehead atoms. The fourth-order valence-corrected chi connectivity index (χ4v) is 3.32. The molecule has 5 heteroatoms. The smallest absolute Gasteiger partial charge is 0.321 e. The van der Waals surface area contributed by atoms with Crippen LogP contribution in [0.5, 0.6) is 0 Å². The highest BCUT2D eigenvalue weighted by Gasteiger charge is 2.28. The van der Waals surface area contributed by atoms with Crippen LogP contribution >= 0.6 is 0 Å². The van der Waals surface area contributed by atoms with Crippen LogP contribution in [0.2, 0.25) is 0 Å². The second-order valence-corrected chi connectivity index (χ2v) is 6.22. The van der Waals surface area contributed by atoms with Gasteiger partial charge in [0.25, 0.3) is 0 Å². The lowest BCUT2D eigenvalue weighted by Crippen LogP contribution is -2.34. The van der Waals surface area contributed by atoms with Crippen molar-refractivity contribution >= 4 is 11.7 Å². The van der Waals surface area contributed by atoms with Gasteiger partial charge in [-0.1, -0.05) is 0 Å². The molecule has 2 aliphatic rings. The Labute approximate surface area is 126 Å². The average Bonchev–Trinajstić information content (AvgIpc) is 3.11. The summed E-state index contributed by atoms with van der Waals surface area (Å²) in [6.45, 7) is 7.30. The maximum Gasteiger partial charge on any atom is 0.321 e. The minimum absolute atomic E-state index is 0.0181. The summed E-state index contributed by atoms with van der Waals surface area (Å²) in [6, 6.07) is 3.75. The molecule has 2 fully saturated rings. The first-order valence-corrected chi connectivity index (χ1v) is 7.91. The van der Waals surface area contributed by atoms with Crippen LogP contribution in [0.1, 0.15) is 25.0 Å². The van der Waals surface area contributed by atoms with Gasteiger partial charge in [0.1, 0.15) is 0 Å². The number of carbonyl (C=O) groups is 1. The number of urea groups is 1. The van der Waals surface area contributed by atoms with Crippen LogP contribution in [0.4, 0.5) is 10.5 Å². The van der Waals surface area contributed by atoms with Crippen LogP contribution in [0.3, 0.4) is 0 Å². The third-order valence-electron chi connectivity index (χ3n) is 4.44. The summed E-state index contributed by atoms with van der Waals surface area (Å²) < 4.78 is 0. The lowest BCUT2D eigenvalue weighted by molar-refractivity contribution is 0.217. The van der Waals surface area contributed by atoms with Crippen molar-refractivity contribution in [3.8, 4) is 0 Å². The number of hydrogen-bond donors (Lipinski definition) is 1. The van der Waals surface area contributed by atoms with Crippen LogP contribution in [-0.2, 0) is 0 Å². The second-order valence-electron chi connectivity index (χ2n) is 6.22. The van der Waals surface area contributed by atoms with Gasteiger partial charge in [-0.3, -0.25) is 4.98 Å². The largest absolute Gasteiger partial charge is 0.324 e. The first-order valence-electron chi connectivity index (χ1n) is 7.91. The van der Waals surface area contributed by atoms with Crippen molar-refractivity contribution in [2.75, 3.05) is 38.0 Å². The number of nitrogens with one attached hydrogen (secondary N) is 1. The van der Waals surface area contributed by atoms with Crippen molar-refractivity contribution in [1.29, 1.82) is 0 Å². The number of carbonyl (C=O) groups excluding carboxylic acids is 1. The van der Waals surface area contributed by atoms with E-state index in [1.54, 1.807) is 6.20 Å². The number of pyridine rings is 1. The van der Waals surface area contributed by atoms with Gasteiger partial charge in [-0.15, -0.1) is 0 Å². The van der Waals surface area contributed by atoms with Gasteiger partial charge < -0.3 is 15.1 Å². The maximum atomic E-state index is 12.3. The summed E-state index contributed by atoms with van der Waals surface area (Å²) in [7, 11) is 0. The lowest BCUT2D eigenvalue weighted by Gasteiger charge is -2.21. The van der Waals surface area contributed by atoms with E-state index in [-0.39, 0.29) is 6.03 Å². The molecular weight excluding hydrogens is 264 g/mol. The van der Waals surface area contributed by atoms with Crippen molar-refractivity contribution in [3.05, 3.63) is 24.0 Å². The Morgan fingerprint density at radius 1 is 1.38 bits per heavy atom. The first-order chi connectivity index (χ1) is 10.2. The van der Waals surface area contributed by atoms with Gasteiger partial charge in [-0.05, 0) is 57.3 Å². The Kier molecular flexibility index (Phi) is 4.39. The first kappa shape index (κ1) is 14.3. The zero-order chi connectivity index (χ0) is 14.7. The molecule has 0 radical (unpaired) electrons. The number of hydrogen-bond acceptors (Lipinski definition) is 3. The molecule has 5 nitrogen and oxygen atoms in total. The molecule has 0 aliphatic carbocycles. The highest BCUT2D eigenvalue weighted by molar-refractivity contribution is 5.89. The van der Waals surface area contributed by atoms with E-state index in [1.165, 1.54) is 25.9 Å². The molecule has 1 aromatic rings. The van der Waals surface area contributed by atoms with E-state index in [9.17, 15) is 4.79 Å². The van der Waals surface area contributed by atoms with Gasteiger partial charge in [0, 0.05) is 37.2 Å². The lowest BCUT2D eigenvalue weighted by atomic mass is 10.1. The minimum atomic E-state index is 0.0181. The third kappa shape index (κ3) is 3.73. The molecular formula is C16H24N4O. The van der Waals surface area contributed by atoms with Crippen LogP contribution in [0.25, 0.3) is 0 Å². The monoisotopic (exact) mass is 288 g/mol. The van der Waals surface area contributed by atoms with Gasteiger partial charge in [-0.2, -0.15) is 0 Å². The van der Waals surface area contributed by atoms with Crippen molar-refractivity contribution < 1.29 is 4.79 Å². The van der Waals surface area contributed by atoms with E-state index < -0.39 is 0 Å². The Morgan fingerprint density at radius 2 is 2.19 bits per heavy atom. The number of likely N-dealkylation sites (tertiary alicyclic amines) is 2. The highest BCUT2D eigenvalue weighted by atomic mass is 16.2. The molecule has 114 valence electrons. The second kappa shape index (κ2) is 6.43. The summed E-state index contributed by atoms with van der Waals surface area (Å²) in [4.78, 5) is 20.9. The van der Waals surface area contributed by atoms with E-state index >= 15 is 0 Å². The molecule has 3 heterocycles. The van der Waals surface area contributed by atoms with Crippen LogP contribution in [0, 0.1) is 12.8 Å². The van der Waals surface area contributed by atoms with Gasteiger partial charge in [0.2, 0.25) is 0 Å². The normalized spacial score (nSPS) is 22.7. The third-order valence-corrected chi connectivity index (χ3v) is 4.44. The molecule has 1 aromatic heterocycles. The predicted molar refractivity (Wildman–Crippen MR) is 83.3 cm³/mol. The molecule has 21 heavy (non-hydrogen) atoms. The molecule has 0 aromatic carbocycles. The van der Waals surface area contributed by atoms with E-state index in [4.69, 9.17) is 0 Å². The van der Waals surface area contributed by atoms with Crippen molar-refractivity contribution in [3.63, 3.8) is 0 Å². The van der Waals surface area contributed by atoms with E-state index in [2.05, 4.69) is 15.2 Å². The molecule has 2 saturated heterocycles. The van der Waals surface area contributed by atoms with Gasteiger partial charge in [0.05, 0.1) is 0 Å². The topological polar surface area (TPSA) is 48.5 Å². The zero-order valence-corrected chi connectivity index (χ0v) is 12.7. The standard InChI is InChI=1S/C16H24N4O/c1-13-10-15(4-6-17-13)18-16(21)20-9-5-14(12-20)11-19-7-2-3-8-19/h4,6,10,14H,2-3,5,7-9,11-12H2,1H3,(H,17,18,21). The van der Waals surface area contributed by atoms with Crippen LogP contribution < -0.4 is 5.32 Å². The summed E-state index contributed by atoms with van der Waals surface area (Å²) in [6.07, 6.45) is 5.51. The zero-order valence-electron chi connectivity index (χ0n) is 12.7. The van der Waals surface area contributed by atoms with Crippen molar-refractivity contribution in [2.24, 2.45) is 5.92 Å². The highest BCUT2D eigenvalue weighted by Crippen LogP contribution is 2.20. The number of nitrogens with zero attached hydrogens (tertiary/aromatic N) is 3. The summed E-state index contributed by atoms with van der Waals surface area (Å²) >= 11 is 0. The number of anilines is 1. The van der Waals surface area contributed by atoms with Gasteiger partial charge in [0.15, 0.2) is 0 Å². The summed E-state index contributed by atoms with van der Waals surface area (Å²) in [5, 5.41) is 2.97. The quantitative estimate of drug-likeness (QED) is 0.928. The van der Waals surface area contributed by atoms with Gasteiger partial charge in [-0.25, -0.2) is 4.79 Å².